The molecular weight excluding hydrogens is 332 g/mol. The molecule has 20 heavy (non-hydrogen) atoms. The number of alkyl carbamates (subject to hydrolysis) is 1. The molecule has 0 saturated carbocycles. The van der Waals surface area contributed by atoms with Crippen molar-refractivity contribution in [3.8, 4) is 0 Å². The molecule has 0 bridgehead atoms. The highest BCUT2D eigenvalue weighted by atomic mass is 79.9. The second-order valence-electron chi connectivity index (χ2n) is 5.16. The van der Waals surface area contributed by atoms with Gasteiger partial charge in [-0.25, -0.2) is 19.3 Å². The molecule has 1 heterocycles. The summed E-state index contributed by atoms with van der Waals surface area (Å²) in [6.45, 7) is 5.08. The molecule has 1 amide bonds. The van der Waals surface area contributed by atoms with Gasteiger partial charge in [0.15, 0.2) is 10.6 Å². The van der Waals surface area contributed by atoms with Gasteiger partial charge in [-0.15, -0.1) is 0 Å². The number of amides is 1. The lowest BCUT2D eigenvalue weighted by atomic mass is 10.2. The third-order valence-electron chi connectivity index (χ3n) is 2.13. The topological polar surface area (TPSA) is 106 Å². The molecule has 1 aromatic heterocycles. The van der Waals surface area contributed by atoms with E-state index in [0.717, 1.165) is 0 Å². The number of carbonyl (C=O) groups excluding carboxylic acids is 1. The second-order valence-corrected chi connectivity index (χ2v) is 5.87. The Hall–Kier alpha value is -1.64. The van der Waals surface area contributed by atoms with E-state index in [-0.39, 0.29) is 6.42 Å². The average Bonchev–Trinajstić information content (AvgIpc) is 2.54. The van der Waals surface area contributed by atoms with Gasteiger partial charge in [-0.1, -0.05) is 0 Å². The third kappa shape index (κ3) is 5.16. The van der Waals surface area contributed by atoms with E-state index in [1.807, 2.05) is 0 Å². The lowest BCUT2D eigenvalue weighted by molar-refractivity contribution is -0.139. The third-order valence-corrected chi connectivity index (χ3v) is 2.82. The zero-order valence-electron chi connectivity index (χ0n) is 11.7. The highest BCUT2D eigenvalue weighted by molar-refractivity contribution is 9.10. The fourth-order valence-corrected chi connectivity index (χ4v) is 1.62. The largest absolute Gasteiger partial charge is 0.480 e. The fraction of sp³-hybridized carbons (Fsp3) is 0.636. The van der Waals surface area contributed by atoms with Crippen LogP contribution in [0, 0.1) is 0 Å². The van der Waals surface area contributed by atoms with Gasteiger partial charge >= 0.3 is 12.1 Å². The molecule has 0 saturated heterocycles. The Morgan fingerprint density at radius 1 is 1.50 bits per heavy atom. The molecule has 0 aliphatic carbocycles. The van der Waals surface area contributed by atoms with Crippen molar-refractivity contribution in [1.82, 2.24) is 20.1 Å². The van der Waals surface area contributed by atoms with Crippen molar-refractivity contribution in [2.75, 3.05) is 0 Å². The molecule has 0 radical (unpaired) electrons. The number of carboxylic acids is 1. The molecule has 2 N–H and O–H groups in total. The summed E-state index contributed by atoms with van der Waals surface area (Å²) in [6.07, 6.45) is -0.825. The summed E-state index contributed by atoms with van der Waals surface area (Å²) in [4.78, 5) is 26.8. The minimum atomic E-state index is -1.18. The standard InChI is InChI=1S/C11H17BrN4O4/c1-11(2,3)20-10(19)13-6(8(17)18)5-7-14-9(12)16(4)15-7/h6H,5H2,1-4H3,(H,13,19)(H,17,18)/t6-/m0/s1. The Labute approximate surface area is 124 Å². The van der Waals surface area contributed by atoms with Crippen LogP contribution in [0.3, 0.4) is 0 Å². The van der Waals surface area contributed by atoms with Crippen LogP contribution in [0.25, 0.3) is 0 Å². The van der Waals surface area contributed by atoms with Gasteiger partial charge in [0.25, 0.3) is 0 Å². The van der Waals surface area contributed by atoms with Gasteiger partial charge in [0.1, 0.15) is 11.6 Å². The Balaban J connectivity index is 2.70. The maximum Gasteiger partial charge on any atom is 0.408 e. The minimum absolute atomic E-state index is 0.0337. The van der Waals surface area contributed by atoms with E-state index in [1.54, 1.807) is 27.8 Å². The van der Waals surface area contributed by atoms with Crippen LogP contribution in [-0.2, 0) is 23.0 Å². The summed E-state index contributed by atoms with van der Waals surface area (Å²) < 4.78 is 6.96. The van der Waals surface area contributed by atoms with Crippen LogP contribution in [0.5, 0.6) is 0 Å². The van der Waals surface area contributed by atoms with Crippen molar-refractivity contribution >= 4 is 28.0 Å². The van der Waals surface area contributed by atoms with Crippen LogP contribution < -0.4 is 5.32 Å². The number of carboxylic acid groups (broad SMARTS) is 1. The maximum absolute atomic E-state index is 11.6. The second kappa shape index (κ2) is 6.21. The van der Waals surface area contributed by atoms with Crippen LogP contribution in [0.2, 0.25) is 0 Å². The summed E-state index contributed by atoms with van der Waals surface area (Å²) in [5.74, 6) is -0.873. The highest BCUT2D eigenvalue weighted by Gasteiger charge is 2.25. The molecule has 0 fully saturated rings. The van der Waals surface area contributed by atoms with Crippen LogP contribution in [0.1, 0.15) is 26.6 Å². The van der Waals surface area contributed by atoms with Crippen molar-refractivity contribution in [2.24, 2.45) is 7.05 Å². The van der Waals surface area contributed by atoms with Gasteiger partial charge in [-0.2, -0.15) is 5.10 Å². The van der Waals surface area contributed by atoms with Gasteiger partial charge < -0.3 is 15.2 Å². The number of aryl methyl sites for hydroxylation is 1. The number of rotatable bonds is 4. The number of hydrogen-bond acceptors (Lipinski definition) is 5. The zero-order valence-corrected chi connectivity index (χ0v) is 13.3. The van der Waals surface area contributed by atoms with Gasteiger partial charge in [0.05, 0.1) is 0 Å². The smallest absolute Gasteiger partial charge is 0.408 e. The summed E-state index contributed by atoms with van der Waals surface area (Å²) in [7, 11) is 1.66. The number of halogens is 1. The summed E-state index contributed by atoms with van der Waals surface area (Å²) >= 11 is 3.16. The van der Waals surface area contributed by atoms with Crippen molar-refractivity contribution in [1.29, 1.82) is 0 Å². The molecule has 1 atom stereocenters. The maximum atomic E-state index is 11.6. The number of hydrogen-bond donors (Lipinski definition) is 2. The highest BCUT2D eigenvalue weighted by Crippen LogP contribution is 2.09. The molecule has 1 aromatic rings. The SMILES string of the molecule is Cn1nc(C[C@H](NC(=O)OC(C)(C)C)C(=O)O)nc1Br. The molecule has 0 spiro atoms. The summed E-state index contributed by atoms with van der Waals surface area (Å²) in [5, 5.41) is 15.4. The van der Waals surface area contributed by atoms with Gasteiger partial charge in [0.2, 0.25) is 0 Å². The van der Waals surface area contributed by atoms with Crippen LogP contribution in [0.15, 0.2) is 4.73 Å². The van der Waals surface area contributed by atoms with Crippen LogP contribution >= 0.6 is 15.9 Å². The molecule has 9 heteroatoms. The van der Waals surface area contributed by atoms with Crippen LogP contribution in [0.4, 0.5) is 4.79 Å². The van der Waals surface area contributed by atoms with Crippen molar-refractivity contribution in [2.45, 2.75) is 38.8 Å². The Morgan fingerprint density at radius 2 is 2.10 bits per heavy atom. The van der Waals surface area contributed by atoms with Crippen molar-refractivity contribution in [3.63, 3.8) is 0 Å². The number of nitrogens with zero attached hydrogens (tertiary/aromatic N) is 3. The minimum Gasteiger partial charge on any atom is -0.480 e. The Bertz CT molecular complexity index is 490. The molecule has 8 nitrogen and oxygen atoms in total. The molecule has 0 aromatic carbocycles. The molecule has 112 valence electrons. The van der Waals surface area contributed by atoms with E-state index < -0.39 is 23.7 Å². The lowest BCUT2D eigenvalue weighted by Gasteiger charge is -2.21. The van der Waals surface area contributed by atoms with Gasteiger partial charge in [0, 0.05) is 13.5 Å². The van der Waals surface area contributed by atoms with Crippen LogP contribution in [-0.4, -0.2) is 43.6 Å². The van der Waals surface area contributed by atoms with E-state index in [9.17, 15) is 9.59 Å². The molecule has 0 aliphatic heterocycles. The van der Waals surface area contributed by atoms with Crippen molar-refractivity contribution < 1.29 is 19.4 Å². The first-order valence-electron chi connectivity index (χ1n) is 5.86. The Morgan fingerprint density at radius 3 is 2.50 bits per heavy atom. The van der Waals surface area contributed by atoms with Gasteiger partial charge in [-0.05, 0) is 36.7 Å². The molecule has 1 rings (SSSR count). The van der Waals surface area contributed by atoms with E-state index in [1.165, 1.54) is 4.68 Å². The van der Waals surface area contributed by atoms with E-state index in [2.05, 4.69) is 31.3 Å². The normalized spacial score (nSPS) is 12.8. The monoisotopic (exact) mass is 348 g/mol. The molecular formula is C11H17BrN4O4. The number of ether oxygens (including phenoxy) is 1. The van der Waals surface area contributed by atoms with Gasteiger partial charge in [-0.3, -0.25) is 0 Å². The number of nitrogens with one attached hydrogen (secondary N) is 1. The first-order chi connectivity index (χ1) is 9.08. The number of aromatic nitrogens is 3. The van der Waals surface area contributed by atoms with E-state index in [4.69, 9.17) is 9.84 Å². The summed E-state index contributed by atoms with van der Waals surface area (Å²) in [6, 6.07) is -1.15. The predicted octanol–water partition coefficient (Wildman–Crippen LogP) is 1.10. The molecule has 0 unspecified atom stereocenters. The zero-order chi connectivity index (χ0) is 15.5. The Kier molecular flexibility index (Phi) is 5.09. The average molecular weight is 349 g/mol. The molecule has 0 aliphatic rings. The first kappa shape index (κ1) is 16.4. The predicted molar refractivity (Wildman–Crippen MR) is 73.2 cm³/mol. The quantitative estimate of drug-likeness (QED) is 0.843. The number of carbonyl (C=O) groups is 2. The lowest BCUT2D eigenvalue weighted by Crippen LogP contribution is -2.44. The van der Waals surface area contributed by atoms with E-state index in [0.29, 0.717) is 10.6 Å². The number of aliphatic carboxylic acids is 1. The van der Waals surface area contributed by atoms with E-state index >= 15 is 0 Å². The van der Waals surface area contributed by atoms with Crippen molar-refractivity contribution in [3.05, 3.63) is 10.6 Å². The fourth-order valence-electron chi connectivity index (χ4n) is 1.33. The first-order valence-corrected chi connectivity index (χ1v) is 6.65. The summed E-state index contributed by atoms with van der Waals surface area (Å²) in [5.41, 5.74) is -0.695.